The zero-order chi connectivity index (χ0) is 11.6. The average molecular weight is 241 g/mol. The van der Waals surface area contributed by atoms with Crippen LogP contribution in [0, 0.1) is 0 Å². The molecule has 0 spiro atoms. The Hall–Kier alpha value is -1.93. The van der Waals surface area contributed by atoms with Crippen LogP contribution >= 0.6 is 0 Å². The number of hydrogen-bond acceptors (Lipinski definition) is 6. The van der Waals surface area contributed by atoms with Crippen LogP contribution in [0.1, 0.15) is 0 Å². The Morgan fingerprint density at radius 1 is 1.19 bits per heavy atom. The first-order chi connectivity index (χ1) is 7.57. The fourth-order valence-electron chi connectivity index (χ4n) is 1.01. The first-order valence-corrected chi connectivity index (χ1v) is 5.70. The third kappa shape index (κ3) is 2.18. The highest BCUT2D eigenvalue weighted by Crippen LogP contribution is 2.23. The second-order valence-corrected chi connectivity index (χ2v) is 4.31. The molecule has 7 nitrogen and oxygen atoms in total. The highest BCUT2D eigenvalue weighted by molar-refractivity contribution is 7.89. The second-order valence-electron chi connectivity index (χ2n) is 2.83. The molecule has 0 unspecified atom stereocenters. The number of benzene rings is 1. The van der Waals surface area contributed by atoms with Crippen molar-refractivity contribution in [3.63, 3.8) is 0 Å². The molecule has 0 atom stereocenters. The largest absolute Gasteiger partial charge is 0.434 e. The number of nitrogens with two attached hydrogens (primary N) is 1. The summed E-state index contributed by atoms with van der Waals surface area (Å²) in [7, 11) is -4.00. The average Bonchev–Trinajstić information content (AvgIpc) is 2.67. The molecule has 84 valence electrons. The van der Waals surface area contributed by atoms with Crippen LogP contribution in [0.15, 0.2) is 40.0 Å². The maximum absolute atomic E-state index is 11.0. The fourth-order valence-corrected chi connectivity index (χ4v) is 1.47. The number of hydrogen-bond donors (Lipinski definition) is 1. The van der Waals surface area contributed by atoms with E-state index in [1.54, 1.807) is 30.3 Å². The van der Waals surface area contributed by atoms with E-state index in [0.29, 0.717) is 5.75 Å². The SMILES string of the molecule is NS(=O)(=O)c1nonc1Oc1ccccc1. The molecule has 0 aliphatic heterocycles. The van der Waals surface area contributed by atoms with Gasteiger partial charge in [-0.05, 0) is 22.4 Å². The summed E-state index contributed by atoms with van der Waals surface area (Å²) in [5, 5.41) is 10.8. The van der Waals surface area contributed by atoms with E-state index < -0.39 is 15.0 Å². The predicted molar refractivity (Wildman–Crippen MR) is 52.2 cm³/mol. The molecule has 1 aromatic heterocycles. The molecule has 8 heteroatoms. The number of rotatable bonds is 3. The summed E-state index contributed by atoms with van der Waals surface area (Å²) >= 11 is 0. The standard InChI is InChI=1S/C8H7N3O4S/c9-16(12,13)8-7(10-15-11-8)14-6-4-2-1-3-5-6/h1-5H,(H2,9,12,13). The first-order valence-electron chi connectivity index (χ1n) is 4.15. The van der Waals surface area contributed by atoms with Gasteiger partial charge in [0, 0.05) is 0 Å². The molecule has 1 heterocycles. The van der Waals surface area contributed by atoms with Gasteiger partial charge < -0.3 is 4.74 Å². The van der Waals surface area contributed by atoms with E-state index in [1.807, 2.05) is 0 Å². The minimum atomic E-state index is -4.00. The number of aromatic nitrogens is 2. The van der Waals surface area contributed by atoms with Crippen molar-refractivity contribution in [2.45, 2.75) is 5.03 Å². The quantitative estimate of drug-likeness (QED) is 0.838. The normalized spacial score (nSPS) is 11.3. The molecule has 0 saturated heterocycles. The van der Waals surface area contributed by atoms with Crippen molar-refractivity contribution in [3.8, 4) is 11.6 Å². The van der Waals surface area contributed by atoms with Crippen LogP contribution in [0.4, 0.5) is 0 Å². The molecule has 0 bridgehead atoms. The first kappa shape index (κ1) is 10.6. The fraction of sp³-hybridized carbons (Fsp3) is 0. The lowest BCUT2D eigenvalue weighted by molar-refractivity contribution is 0.285. The van der Waals surface area contributed by atoms with Crippen molar-refractivity contribution < 1.29 is 17.8 Å². The van der Waals surface area contributed by atoms with Gasteiger partial charge in [-0.2, -0.15) is 0 Å². The Balaban J connectivity index is 2.34. The highest BCUT2D eigenvalue weighted by Gasteiger charge is 2.22. The molecule has 16 heavy (non-hydrogen) atoms. The lowest BCUT2D eigenvalue weighted by atomic mass is 10.3. The Labute approximate surface area is 90.8 Å². The van der Waals surface area contributed by atoms with E-state index in [2.05, 4.69) is 14.9 Å². The van der Waals surface area contributed by atoms with Gasteiger partial charge in [0.1, 0.15) is 5.75 Å². The predicted octanol–water partition coefficient (Wildman–Crippen LogP) is 0.509. The van der Waals surface area contributed by atoms with Gasteiger partial charge in [0.2, 0.25) is 0 Å². The van der Waals surface area contributed by atoms with Gasteiger partial charge in [-0.3, -0.25) is 0 Å². The molecule has 0 aliphatic carbocycles. The third-order valence-electron chi connectivity index (χ3n) is 1.66. The van der Waals surface area contributed by atoms with Gasteiger partial charge in [0.15, 0.2) is 0 Å². The minimum absolute atomic E-state index is 0.284. The molecular formula is C8H7N3O4S. The number of ether oxygens (including phenoxy) is 1. The Morgan fingerprint density at radius 3 is 2.50 bits per heavy atom. The van der Waals surface area contributed by atoms with Gasteiger partial charge in [0.25, 0.3) is 15.0 Å². The van der Waals surface area contributed by atoms with Crippen molar-refractivity contribution in [2.75, 3.05) is 0 Å². The molecule has 0 aliphatic rings. The Morgan fingerprint density at radius 2 is 1.88 bits per heavy atom. The van der Waals surface area contributed by atoms with E-state index >= 15 is 0 Å². The van der Waals surface area contributed by atoms with Crippen LogP contribution in [0.25, 0.3) is 0 Å². The highest BCUT2D eigenvalue weighted by atomic mass is 32.2. The van der Waals surface area contributed by atoms with Gasteiger partial charge >= 0.3 is 5.88 Å². The lowest BCUT2D eigenvalue weighted by Crippen LogP contribution is -2.13. The van der Waals surface area contributed by atoms with Crippen LogP contribution in [0.3, 0.4) is 0 Å². The monoisotopic (exact) mass is 241 g/mol. The molecule has 0 fully saturated rings. The summed E-state index contributed by atoms with van der Waals surface area (Å²) in [6, 6.07) is 8.48. The molecular weight excluding hydrogens is 234 g/mol. The Kier molecular flexibility index (Phi) is 2.59. The van der Waals surface area contributed by atoms with Crippen LogP contribution in [0.5, 0.6) is 11.6 Å². The number of primary sulfonamides is 1. The molecule has 0 amide bonds. The topological polar surface area (TPSA) is 108 Å². The molecule has 2 aromatic rings. The Bertz CT molecular complexity index is 578. The van der Waals surface area contributed by atoms with Crippen LogP contribution in [-0.4, -0.2) is 18.7 Å². The van der Waals surface area contributed by atoms with Crippen molar-refractivity contribution in [3.05, 3.63) is 30.3 Å². The second kappa shape index (κ2) is 3.91. The molecule has 1 aromatic carbocycles. The van der Waals surface area contributed by atoms with Gasteiger partial charge in [-0.1, -0.05) is 18.2 Å². The zero-order valence-electron chi connectivity index (χ0n) is 7.90. The van der Waals surface area contributed by atoms with Gasteiger partial charge in [-0.15, -0.1) is 0 Å². The van der Waals surface area contributed by atoms with E-state index in [4.69, 9.17) is 9.88 Å². The molecule has 2 N–H and O–H groups in total. The summed E-state index contributed by atoms with van der Waals surface area (Å²) in [6.45, 7) is 0. The smallest absolute Gasteiger partial charge is 0.302 e. The number of para-hydroxylation sites is 1. The van der Waals surface area contributed by atoms with Crippen molar-refractivity contribution in [2.24, 2.45) is 5.14 Å². The maximum Gasteiger partial charge on any atom is 0.302 e. The summed E-state index contributed by atoms with van der Waals surface area (Å²) < 4.78 is 31.5. The van der Waals surface area contributed by atoms with Gasteiger partial charge in [0.05, 0.1) is 0 Å². The van der Waals surface area contributed by atoms with Crippen LogP contribution in [0.2, 0.25) is 0 Å². The van der Waals surface area contributed by atoms with Crippen molar-refractivity contribution >= 4 is 10.0 Å². The van der Waals surface area contributed by atoms with E-state index in [0.717, 1.165) is 0 Å². The minimum Gasteiger partial charge on any atom is -0.434 e. The van der Waals surface area contributed by atoms with Crippen molar-refractivity contribution in [1.82, 2.24) is 10.3 Å². The van der Waals surface area contributed by atoms with Crippen molar-refractivity contribution in [1.29, 1.82) is 0 Å². The van der Waals surface area contributed by atoms with E-state index in [1.165, 1.54) is 0 Å². The lowest BCUT2D eigenvalue weighted by Gasteiger charge is -2.00. The number of sulfonamides is 1. The summed E-state index contributed by atoms with van der Waals surface area (Å²) in [5.74, 6) is 0.122. The summed E-state index contributed by atoms with van der Waals surface area (Å²) in [6.07, 6.45) is 0. The summed E-state index contributed by atoms with van der Waals surface area (Å²) in [4.78, 5) is 0. The zero-order valence-corrected chi connectivity index (χ0v) is 8.72. The number of nitrogens with zero attached hydrogens (tertiary/aromatic N) is 2. The van der Waals surface area contributed by atoms with Gasteiger partial charge in [-0.25, -0.2) is 18.2 Å². The van der Waals surface area contributed by atoms with E-state index in [9.17, 15) is 8.42 Å². The van der Waals surface area contributed by atoms with E-state index in [-0.39, 0.29) is 5.88 Å². The molecule has 0 radical (unpaired) electrons. The molecule has 2 rings (SSSR count). The molecule has 0 saturated carbocycles. The third-order valence-corrected chi connectivity index (χ3v) is 2.45. The van der Waals surface area contributed by atoms with Crippen LogP contribution in [-0.2, 0) is 10.0 Å². The van der Waals surface area contributed by atoms with Crippen LogP contribution < -0.4 is 9.88 Å². The maximum atomic E-state index is 11.0. The summed E-state index contributed by atoms with van der Waals surface area (Å²) in [5.41, 5.74) is 0.